The number of aliphatic imine (C=N–C) groups is 1. The highest BCUT2D eigenvalue weighted by atomic mass is 127. The van der Waals surface area contributed by atoms with Crippen molar-refractivity contribution in [2.24, 2.45) is 4.99 Å². The van der Waals surface area contributed by atoms with Gasteiger partial charge in [-0.15, -0.1) is 24.0 Å². The van der Waals surface area contributed by atoms with Crippen molar-refractivity contribution in [3.05, 3.63) is 47.0 Å². The van der Waals surface area contributed by atoms with Gasteiger partial charge in [0, 0.05) is 39.4 Å². The summed E-state index contributed by atoms with van der Waals surface area (Å²) in [4.78, 5) is 6.66. The number of benzene rings is 2. The molecule has 0 aliphatic carbocycles. The number of hydrogen-bond donors (Lipinski definition) is 2. The molecule has 170 valence electrons. The molecule has 0 amide bonds. The summed E-state index contributed by atoms with van der Waals surface area (Å²) in [5.41, 5.74) is 5.02. The first-order valence-corrected chi connectivity index (χ1v) is 10.2. The van der Waals surface area contributed by atoms with E-state index in [1.807, 2.05) is 12.1 Å². The molecule has 2 aromatic carbocycles. The van der Waals surface area contributed by atoms with Crippen molar-refractivity contribution in [2.75, 3.05) is 46.9 Å². The Kier molecular flexibility index (Phi) is 9.54. The molecule has 0 fully saturated rings. The topological polar surface area (TPSA) is 67.4 Å². The Balaban J connectivity index is 0.00000341. The first-order valence-electron chi connectivity index (χ1n) is 10.2. The zero-order valence-electron chi connectivity index (χ0n) is 18.9. The van der Waals surface area contributed by atoms with Crippen LogP contribution < -0.4 is 29.7 Å². The molecule has 1 heterocycles. The van der Waals surface area contributed by atoms with E-state index in [1.165, 1.54) is 23.2 Å². The lowest BCUT2D eigenvalue weighted by molar-refractivity contribution is 0.323. The Morgan fingerprint density at radius 2 is 1.61 bits per heavy atom. The number of hydrogen-bond acceptors (Lipinski definition) is 5. The minimum Gasteiger partial charge on any atom is -0.493 e. The van der Waals surface area contributed by atoms with Crippen molar-refractivity contribution in [1.29, 1.82) is 0 Å². The number of anilines is 1. The SMILES string of the molecule is CN=C(NCc1ccc2c(c1)CCCN2C)NCc1cc(OC)c(OC)c(OC)c1.I. The second kappa shape index (κ2) is 11.9. The van der Waals surface area contributed by atoms with Crippen LogP contribution in [-0.4, -0.2) is 47.9 Å². The summed E-state index contributed by atoms with van der Waals surface area (Å²) < 4.78 is 16.2. The van der Waals surface area contributed by atoms with Gasteiger partial charge in [-0.05, 0) is 47.7 Å². The van der Waals surface area contributed by atoms with Gasteiger partial charge in [-0.2, -0.15) is 0 Å². The molecular formula is C23H33IN4O3. The molecule has 0 atom stereocenters. The van der Waals surface area contributed by atoms with Crippen LogP contribution in [0.4, 0.5) is 5.69 Å². The smallest absolute Gasteiger partial charge is 0.203 e. The Hall–Kier alpha value is -2.36. The maximum Gasteiger partial charge on any atom is 0.203 e. The van der Waals surface area contributed by atoms with Gasteiger partial charge in [-0.1, -0.05) is 12.1 Å². The number of fused-ring (bicyclic) bond motifs is 1. The first kappa shape index (κ1) is 24.9. The summed E-state index contributed by atoms with van der Waals surface area (Å²) in [6.45, 7) is 2.42. The zero-order valence-corrected chi connectivity index (χ0v) is 21.3. The van der Waals surface area contributed by atoms with Crippen LogP contribution in [0.3, 0.4) is 0 Å². The lowest BCUT2D eigenvalue weighted by Gasteiger charge is -2.28. The Labute approximate surface area is 202 Å². The molecule has 7 nitrogen and oxygen atoms in total. The number of nitrogens with zero attached hydrogens (tertiary/aromatic N) is 2. The van der Waals surface area contributed by atoms with Crippen molar-refractivity contribution in [3.63, 3.8) is 0 Å². The monoisotopic (exact) mass is 540 g/mol. The van der Waals surface area contributed by atoms with Crippen molar-refractivity contribution in [2.45, 2.75) is 25.9 Å². The molecule has 0 saturated carbocycles. The lowest BCUT2D eigenvalue weighted by Crippen LogP contribution is -2.36. The summed E-state index contributed by atoms with van der Waals surface area (Å²) in [5, 5.41) is 6.74. The minimum atomic E-state index is 0. The lowest BCUT2D eigenvalue weighted by atomic mass is 9.99. The summed E-state index contributed by atoms with van der Waals surface area (Å²) in [6.07, 6.45) is 2.35. The predicted octanol–water partition coefficient (Wildman–Crippen LogP) is 3.58. The number of rotatable bonds is 7. The molecule has 8 heteroatoms. The maximum atomic E-state index is 5.43. The number of aryl methyl sites for hydroxylation is 1. The quantitative estimate of drug-likeness (QED) is 0.318. The van der Waals surface area contributed by atoms with Gasteiger partial charge in [0.25, 0.3) is 0 Å². The van der Waals surface area contributed by atoms with E-state index in [0.29, 0.717) is 30.3 Å². The third kappa shape index (κ3) is 6.09. The number of halogens is 1. The molecule has 1 aliphatic heterocycles. The van der Waals surface area contributed by atoms with Gasteiger partial charge in [0.15, 0.2) is 17.5 Å². The van der Waals surface area contributed by atoms with Crippen LogP contribution in [-0.2, 0) is 19.5 Å². The summed E-state index contributed by atoms with van der Waals surface area (Å²) >= 11 is 0. The molecule has 2 aromatic rings. The van der Waals surface area contributed by atoms with Gasteiger partial charge in [0.05, 0.1) is 21.3 Å². The highest BCUT2D eigenvalue weighted by Crippen LogP contribution is 2.38. The number of ether oxygens (including phenoxy) is 3. The molecule has 0 bridgehead atoms. The second-order valence-corrected chi connectivity index (χ2v) is 7.30. The zero-order chi connectivity index (χ0) is 21.5. The van der Waals surface area contributed by atoms with Gasteiger partial charge in [0.2, 0.25) is 5.75 Å². The fraction of sp³-hybridized carbons (Fsp3) is 0.435. The van der Waals surface area contributed by atoms with Gasteiger partial charge in [-0.3, -0.25) is 4.99 Å². The third-order valence-corrected chi connectivity index (χ3v) is 5.36. The molecule has 31 heavy (non-hydrogen) atoms. The molecule has 0 radical (unpaired) electrons. The van der Waals surface area contributed by atoms with Crippen molar-refractivity contribution >= 4 is 35.6 Å². The summed E-state index contributed by atoms with van der Waals surface area (Å²) in [6, 6.07) is 10.6. The third-order valence-electron chi connectivity index (χ3n) is 5.36. The predicted molar refractivity (Wildman–Crippen MR) is 137 cm³/mol. The van der Waals surface area contributed by atoms with E-state index in [2.05, 4.69) is 45.8 Å². The highest BCUT2D eigenvalue weighted by molar-refractivity contribution is 14.0. The van der Waals surface area contributed by atoms with E-state index in [4.69, 9.17) is 14.2 Å². The minimum absolute atomic E-state index is 0. The van der Waals surface area contributed by atoms with E-state index in [-0.39, 0.29) is 24.0 Å². The van der Waals surface area contributed by atoms with Gasteiger partial charge < -0.3 is 29.7 Å². The van der Waals surface area contributed by atoms with Crippen LogP contribution in [0.2, 0.25) is 0 Å². The molecule has 0 spiro atoms. The molecule has 0 aromatic heterocycles. The molecular weight excluding hydrogens is 507 g/mol. The summed E-state index contributed by atoms with van der Waals surface area (Å²) in [5.74, 6) is 2.59. The van der Waals surface area contributed by atoms with Crippen LogP contribution in [0.1, 0.15) is 23.1 Å². The normalized spacial score (nSPS) is 13.1. The van der Waals surface area contributed by atoms with Crippen molar-refractivity contribution < 1.29 is 14.2 Å². The Morgan fingerprint density at radius 1 is 0.968 bits per heavy atom. The molecule has 0 unspecified atom stereocenters. The van der Waals surface area contributed by atoms with Crippen LogP contribution in [0.15, 0.2) is 35.3 Å². The molecule has 0 saturated heterocycles. The fourth-order valence-electron chi connectivity index (χ4n) is 3.78. The van der Waals surface area contributed by atoms with Crippen LogP contribution in [0.5, 0.6) is 17.2 Å². The van der Waals surface area contributed by atoms with Crippen LogP contribution in [0, 0.1) is 0 Å². The number of methoxy groups -OCH3 is 3. The number of guanidine groups is 1. The molecule has 3 rings (SSSR count). The van der Waals surface area contributed by atoms with Gasteiger partial charge in [0.1, 0.15) is 0 Å². The second-order valence-electron chi connectivity index (χ2n) is 7.30. The highest BCUT2D eigenvalue weighted by Gasteiger charge is 2.15. The molecule has 1 aliphatic rings. The standard InChI is InChI=1S/C23H32N4O3.HI/c1-24-23(25-14-16-8-9-19-18(11-16)7-6-10-27(19)2)26-15-17-12-20(28-3)22(30-5)21(13-17)29-4;/h8-9,11-13H,6-7,10,14-15H2,1-5H3,(H2,24,25,26);1H. The number of nitrogens with one attached hydrogen (secondary N) is 2. The largest absolute Gasteiger partial charge is 0.493 e. The van der Waals surface area contributed by atoms with E-state index >= 15 is 0 Å². The van der Waals surface area contributed by atoms with E-state index in [1.54, 1.807) is 28.4 Å². The average Bonchev–Trinajstić information content (AvgIpc) is 2.78. The molecule has 2 N–H and O–H groups in total. The van der Waals surface area contributed by atoms with E-state index in [9.17, 15) is 0 Å². The fourth-order valence-corrected chi connectivity index (χ4v) is 3.78. The Bertz CT molecular complexity index is 879. The van der Waals surface area contributed by atoms with Crippen LogP contribution in [0.25, 0.3) is 0 Å². The van der Waals surface area contributed by atoms with Crippen LogP contribution >= 0.6 is 24.0 Å². The summed E-state index contributed by atoms with van der Waals surface area (Å²) in [7, 11) is 8.76. The first-order chi connectivity index (χ1) is 14.6. The maximum absolute atomic E-state index is 5.43. The Morgan fingerprint density at radius 3 is 2.19 bits per heavy atom. The van der Waals surface area contributed by atoms with E-state index in [0.717, 1.165) is 24.5 Å². The van der Waals surface area contributed by atoms with Gasteiger partial charge in [-0.25, -0.2) is 0 Å². The van der Waals surface area contributed by atoms with Crippen molar-refractivity contribution in [1.82, 2.24) is 10.6 Å². The van der Waals surface area contributed by atoms with Gasteiger partial charge >= 0.3 is 0 Å². The van der Waals surface area contributed by atoms with E-state index < -0.39 is 0 Å². The van der Waals surface area contributed by atoms with Crippen molar-refractivity contribution in [3.8, 4) is 17.2 Å². The average molecular weight is 540 g/mol.